The van der Waals surface area contributed by atoms with Crippen LogP contribution in [-0.4, -0.2) is 34.4 Å². The Morgan fingerprint density at radius 2 is 2.04 bits per heavy atom. The minimum Gasteiger partial charge on any atom is -0.492 e. The normalized spacial score (nSPS) is 16.5. The molecule has 2 heterocycles. The van der Waals surface area contributed by atoms with E-state index in [-0.39, 0.29) is 28.8 Å². The molecule has 8 nitrogen and oxygen atoms in total. The van der Waals surface area contributed by atoms with E-state index in [9.17, 15) is 9.90 Å². The van der Waals surface area contributed by atoms with Gasteiger partial charge in [-0.15, -0.1) is 0 Å². The fraction of sp³-hybridized carbons (Fsp3) is 0.188. The largest absolute Gasteiger partial charge is 0.492 e. The van der Waals surface area contributed by atoms with Crippen molar-refractivity contribution in [1.29, 1.82) is 0 Å². The fourth-order valence-electron chi connectivity index (χ4n) is 2.35. The topological polar surface area (TPSA) is 117 Å². The molecule has 3 N–H and O–H groups in total. The highest BCUT2D eigenvalue weighted by Gasteiger charge is 2.32. The third kappa shape index (κ3) is 2.94. The Morgan fingerprint density at radius 1 is 1.29 bits per heavy atom. The lowest BCUT2D eigenvalue weighted by atomic mass is 10.1. The van der Waals surface area contributed by atoms with E-state index < -0.39 is 12.3 Å². The van der Waals surface area contributed by atoms with Crippen molar-refractivity contribution in [1.82, 2.24) is 9.97 Å². The highest BCUT2D eigenvalue weighted by atomic mass is 16.7. The van der Waals surface area contributed by atoms with Gasteiger partial charge in [0.1, 0.15) is 6.33 Å². The lowest BCUT2D eigenvalue weighted by molar-refractivity contribution is -0.0243. The number of methoxy groups -OCH3 is 1. The van der Waals surface area contributed by atoms with Crippen LogP contribution in [0.5, 0.6) is 5.75 Å². The molecule has 0 fully saturated rings. The van der Waals surface area contributed by atoms with Crippen molar-refractivity contribution in [3.05, 3.63) is 59.5 Å². The molecule has 1 unspecified atom stereocenters. The zero-order chi connectivity index (χ0) is 17.1. The third-order valence-electron chi connectivity index (χ3n) is 3.40. The average Bonchev–Trinajstić information content (AvgIpc) is 2.95. The number of hydrogen-bond donors (Lipinski definition) is 2. The molecule has 0 saturated heterocycles. The molecule has 124 valence electrons. The molecule has 0 saturated carbocycles. The minimum absolute atomic E-state index is 0.0178. The van der Waals surface area contributed by atoms with E-state index in [1.807, 2.05) is 30.3 Å². The average molecular weight is 329 g/mol. The Kier molecular flexibility index (Phi) is 4.19. The van der Waals surface area contributed by atoms with Gasteiger partial charge in [0.15, 0.2) is 17.1 Å². The highest BCUT2D eigenvalue weighted by Crippen LogP contribution is 2.34. The summed E-state index contributed by atoms with van der Waals surface area (Å²) in [6.45, 7) is 0. The Morgan fingerprint density at radius 3 is 2.71 bits per heavy atom. The van der Waals surface area contributed by atoms with Crippen molar-refractivity contribution in [3.63, 3.8) is 0 Å². The number of nitrogens with zero attached hydrogens (tertiary/aromatic N) is 2. The summed E-state index contributed by atoms with van der Waals surface area (Å²) in [5, 5.41) is 9.19. The number of aromatic nitrogens is 2. The molecule has 1 aromatic heterocycles. The standard InChI is InChI=1S/C16H15N3O5/c1-22-13-11(18-8-19-12(13)16(20)21)14-15(17)24-10(23-14)7-9-5-3-2-4-6-9/h2-6,8,10H,7,17H2,1H3,(H,20,21). The van der Waals surface area contributed by atoms with Crippen molar-refractivity contribution in [2.75, 3.05) is 7.11 Å². The summed E-state index contributed by atoms with van der Waals surface area (Å²) in [4.78, 5) is 19.0. The first-order valence-electron chi connectivity index (χ1n) is 7.09. The maximum Gasteiger partial charge on any atom is 0.358 e. The first-order valence-corrected chi connectivity index (χ1v) is 7.09. The molecule has 1 aromatic carbocycles. The predicted octanol–water partition coefficient (Wildman–Crippen LogP) is 1.38. The number of benzene rings is 1. The van der Waals surface area contributed by atoms with Crippen molar-refractivity contribution in [2.45, 2.75) is 12.7 Å². The van der Waals surface area contributed by atoms with Gasteiger partial charge in [-0.05, 0) is 5.56 Å². The molecule has 8 heteroatoms. The number of aromatic carboxylic acids is 1. The van der Waals surface area contributed by atoms with Crippen LogP contribution in [0, 0.1) is 0 Å². The summed E-state index contributed by atoms with van der Waals surface area (Å²) < 4.78 is 16.3. The Balaban J connectivity index is 1.86. The maximum absolute atomic E-state index is 11.2. The van der Waals surface area contributed by atoms with E-state index in [0.717, 1.165) is 11.9 Å². The molecule has 0 amide bonds. The summed E-state index contributed by atoms with van der Waals surface area (Å²) in [5.74, 6) is -1.12. The first-order chi connectivity index (χ1) is 11.6. The molecule has 3 rings (SSSR count). The number of hydrogen-bond acceptors (Lipinski definition) is 7. The molecule has 0 bridgehead atoms. The van der Waals surface area contributed by atoms with Crippen molar-refractivity contribution >= 4 is 11.7 Å². The molecule has 0 spiro atoms. The van der Waals surface area contributed by atoms with Gasteiger partial charge in [0.2, 0.25) is 17.9 Å². The molecule has 2 aromatic rings. The van der Waals surface area contributed by atoms with Gasteiger partial charge in [0, 0.05) is 6.42 Å². The lowest BCUT2D eigenvalue weighted by Crippen LogP contribution is -2.14. The number of carbonyl (C=O) groups is 1. The van der Waals surface area contributed by atoms with E-state index in [2.05, 4.69) is 9.97 Å². The van der Waals surface area contributed by atoms with Gasteiger partial charge in [0.05, 0.1) is 7.11 Å². The summed E-state index contributed by atoms with van der Waals surface area (Å²) in [5.41, 5.74) is 6.74. The van der Waals surface area contributed by atoms with Crippen LogP contribution in [0.2, 0.25) is 0 Å². The second-order valence-corrected chi connectivity index (χ2v) is 4.96. The molecule has 1 aliphatic rings. The smallest absolute Gasteiger partial charge is 0.358 e. The van der Waals surface area contributed by atoms with E-state index in [1.54, 1.807) is 0 Å². The number of carboxylic acid groups (broad SMARTS) is 1. The van der Waals surface area contributed by atoms with Crippen LogP contribution in [0.3, 0.4) is 0 Å². The second-order valence-electron chi connectivity index (χ2n) is 4.96. The number of rotatable bonds is 5. The van der Waals surface area contributed by atoms with Crippen LogP contribution in [0.15, 0.2) is 42.5 Å². The molecule has 1 aliphatic heterocycles. The van der Waals surface area contributed by atoms with Crippen LogP contribution in [0.4, 0.5) is 0 Å². The molecule has 0 radical (unpaired) electrons. The summed E-state index contributed by atoms with van der Waals surface area (Å²) >= 11 is 0. The Bertz CT molecular complexity index is 792. The summed E-state index contributed by atoms with van der Waals surface area (Å²) in [7, 11) is 1.32. The predicted molar refractivity (Wildman–Crippen MR) is 82.8 cm³/mol. The second kappa shape index (κ2) is 6.45. The molecule has 24 heavy (non-hydrogen) atoms. The third-order valence-corrected chi connectivity index (χ3v) is 3.40. The summed E-state index contributed by atoms with van der Waals surface area (Å²) in [6.07, 6.45) is 0.954. The van der Waals surface area contributed by atoms with Crippen LogP contribution in [0.1, 0.15) is 21.7 Å². The van der Waals surface area contributed by atoms with Crippen LogP contribution in [-0.2, 0) is 15.9 Å². The van der Waals surface area contributed by atoms with Gasteiger partial charge in [-0.25, -0.2) is 14.8 Å². The highest BCUT2D eigenvalue weighted by molar-refractivity contribution is 5.90. The van der Waals surface area contributed by atoms with Crippen LogP contribution in [0.25, 0.3) is 5.76 Å². The minimum atomic E-state index is -1.24. The Hall–Kier alpha value is -3.29. The Labute approximate surface area is 137 Å². The van der Waals surface area contributed by atoms with E-state index in [1.165, 1.54) is 7.11 Å². The van der Waals surface area contributed by atoms with Gasteiger partial charge in [-0.1, -0.05) is 30.3 Å². The number of ether oxygens (including phenoxy) is 3. The zero-order valence-electron chi connectivity index (χ0n) is 12.8. The first kappa shape index (κ1) is 15.6. The van der Waals surface area contributed by atoms with E-state index in [0.29, 0.717) is 6.42 Å². The molecule has 1 atom stereocenters. The number of nitrogens with two attached hydrogens (primary N) is 1. The quantitative estimate of drug-likeness (QED) is 0.845. The summed E-state index contributed by atoms with van der Waals surface area (Å²) in [6, 6.07) is 9.61. The van der Waals surface area contributed by atoms with Crippen molar-refractivity contribution < 1.29 is 24.1 Å². The van der Waals surface area contributed by atoms with Gasteiger partial charge in [-0.2, -0.15) is 0 Å². The van der Waals surface area contributed by atoms with Crippen molar-refractivity contribution in [2.24, 2.45) is 5.73 Å². The van der Waals surface area contributed by atoms with E-state index >= 15 is 0 Å². The molecule has 0 aliphatic carbocycles. The van der Waals surface area contributed by atoms with Crippen LogP contribution >= 0.6 is 0 Å². The SMILES string of the molecule is COc1c(C(=O)O)ncnc1C1=C(N)OC(Cc2ccccc2)O1. The lowest BCUT2D eigenvalue weighted by Gasteiger charge is -2.12. The van der Waals surface area contributed by atoms with Gasteiger partial charge >= 0.3 is 5.97 Å². The van der Waals surface area contributed by atoms with Gasteiger partial charge in [0.25, 0.3) is 0 Å². The van der Waals surface area contributed by atoms with Crippen molar-refractivity contribution in [3.8, 4) is 5.75 Å². The number of carboxylic acids is 1. The monoisotopic (exact) mass is 329 g/mol. The fourth-order valence-corrected chi connectivity index (χ4v) is 2.35. The zero-order valence-corrected chi connectivity index (χ0v) is 12.8. The molecular formula is C16H15N3O5. The van der Waals surface area contributed by atoms with E-state index in [4.69, 9.17) is 19.9 Å². The van der Waals surface area contributed by atoms with Crippen LogP contribution < -0.4 is 10.5 Å². The maximum atomic E-state index is 11.2. The van der Waals surface area contributed by atoms with Gasteiger partial charge in [-0.3, -0.25) is 0 Å². The van der Waals surface area contributed by atoms with Gasteiger partial charge < -0.3 is 25.1 Å². The molecular weight excluding hydrogens is 314 g/mol.